The molecule has 2 N–H and O–H groups in total. The molecule has 0 aliphatic heterocycles. The second-order valence-corrected chi connectivity index (χ2v) is 6.05. The molecule has 0 fully saturated rings. The van der Waals surface area contributed by atoms with Gasteiger partial charge in [0.05, 0.1) is 15.7 Å². The van der Waals surface area contributed by atoms with Gasteiger partial charge in [0.1, 0.15) is 10.8 Å². The molecule has 0 aliphatic rings. The zero-order chi connectivity index (χ0) is 16.8. The summed E-state index contributed by atoms with van der Waals surface area (Å²) in [6, 6.07) is 0.843. The molecule has 0 radical (unpaired) electrons. The van der Waals surface area contributed by atoms with Gasteiger partial charge in [-0.25, -0.2) is 4.39 Å². The molecule has 12 heteroatoms. The Bertz CT molecular complexity index is 549. The summed E-state index contributed by atoms with van der Waals surface area (Å²) >= 11 is 10.8. The zero-order valence-corrected chi connectivity index (χ0v) is 11.8. The van der Waals surface area contributed by atoms with Crippen LogP contribution in [0.2, 0.25) is 10.0 Å². The van der Waals surface area contributed by atoms with Crippen LogP contribution in [-0.2, 0) is 10.8 Å². The van der Waals surface area contributed by atoms with Gasteiger partial charge in [-0.2, -0.15) is 26.3 Å². The number of halogens is 9. The second-order valence-electron chi connectivity index (χ2n) is 3.66. The maximum Gasteiger partial charge on any atom is 0.444 e. The van der Waals surface area contributed by atoms with Crippen molar-refractivity contribution in [2.24, 2.45) is 0 Å². The molecule has 1 unspecified atom stereocenters. The molecule has 2 nitrogen and oxygen atoms in total. The first-order valence-electron chi connectivity index (χ1n) is 4.72. The van der Waals surface area contributed by atoms with Gasteiger partial charge in [-0.05, 0) is 12.1 Å². The minimum atomic E-state index is -6.46. The van der Waals surface area contributed by atoms with E-state index in [1.165, 1.54) is 0 Å². The highest BCUT2D eigenvalue weighted by atomic mass is 35.5. The maximum atomic E-state index is 13.6. The molecule has 0 aliphatic carbocycles. The van der Waals surface area contributed by atoms with Crippen molar-refractivity contribution in [3.05, 3.63) is 22.2 Å². The predicted molar refractivity (Wildman–Crippen MR) is 63.2 cm³/mol. The first-order chi connectivity index (χ1) is 9.23. The Hall–Kier alpha value is -0.740. The van der Waals surface area contributed by atoms with Gasteiger partial charge in [-0.15, -0.1) is 0 Å². The third-order valence-electron chi connectivity index (χ3n) is 2.25. The van der Waals surface area contributed by atoms with E-state index in [2.05, 4.69) is 0 Å². The van der Waals surface area contributed by atoms with E-state index in [0.717, 1.165) is 0 Å². The molecule has 21 heavy (non-hydrogen) atoms. The van der Waals surface area contributed by atoms with Gasteiger partial charge in [0, 0.05) is 4.90 Å². The van der Waals surface area contributed by atoms with E-state index in [9.17, 15) is 34.9 Å². The van der Waals surface area contributed by atoms with Crippen molar-refractivity contribution in [3.63, 3.8) is 0 Å². The normalized spacial score (nSPS) is 15.1. The van der Waals surface area contributed by atoms with Crippen molar-refractivity contribution in [2.75, 3.05) is 5.73 Å². The van der Waals surface area contributed by atoms with Gasteiger partial charge in [-0.1, -0.05) is 23.2 Å². The third-order valence-corrected chi connectivity index (χ3v) is 4.51. The number of rotatable bonds is 2. The summed E-state index contributed by atoms with van der Waals surface area (Å²) in [5, 5.41) is -7.09. The average molecular weight is 378 g/mol. The van der Waals surface area contributed by atoms with Crippen molar-refractivity contribution in [1.82, 2.24) is 0 Å². The quantitative estimate of drug-likeness (QED) is 0.610. The summed E-state index contributed by atoms with van der Waals surface area (Å²) in [4.78, 5) is -1.20. The van der Waals surface area contributed by atoms with Crippen LogP contribution in [0.5, 0.6) is 0 Å². The molecule has 0 amide bonds. The van der Waals surface area contributed by atoms with E-state index >= 15 is 0 Å². The van der Waals surface area contributed by atoms with E-state index in [-0.39, 0.29) is 5.69 Å². The Morgan fingerprint density at radius 2 is 1.24 bits per heavy atom. The van der Waals surface area contributed by atoms with Crippen LogP contribution in [0, 0.1) is 0 Å². The standard InChI is InChI=1S/C9H4Cl2F7NOS/c10-4-1-3(2-5(11)6(4)19)21(20)7(12,8(13,14)15)9(16,17)18/h1-2H,19H2. The van der Waals surface area contributed by atoms with Crippen molar-refractivity contribution in [1.29, 1.82) is 0 Å². The fraction of sp³-hybridized carbons (Fsp3) is 0.333. The lowest BCUT2D eigenvalue weighted by molar-refractivity contribution is -0.304. The van der Waals surface area contributed by atoms with E-state index in [4.69, 9.17) is 28.9 Å². The van der Waals surface area contributed by atoms with Crippen LogP contribution >= 0.6 is 23.2 Å². The first-order valence-corrected chi connectivity index (χ1v) is 6.62. The number of nitrogen functional groups attached to an aromatic ring is 1. The van der Waals surface area contributed by atoms with E-state index in [1.807, 2.05) is 0 Å². The van der Waals surface area contributed by atoms with Crippen molar-refractivity contribution in [2.45, 2.75) is 22.2 Å². The van der Waals surface area contributed by atoms with Crippen LogP contribution < -0.4 is 5.73 Å². The van der Waals surface area contributed by atoms with Gasteiger partial charge < -0.3 is 5.73 Å². The molecule has 1 aromatic rings. The molecule has 1 aromatic carbocycles. The van der Waals surface area contributed by atoms with Crippen LogP contribution in [0.1, 0.15) is 0 Å². The van der Waals surface area contributed by atoms with Gasteiger partial charge in [-0.3, -0.25) is 4.21 Å². The molecule has 0 bridgehead atoms. The summed E-state index contributed by atoms with van der Waals surface area (Å²) in [5.74, 6) is 0. The van der Waals surface area contributed by atoms with Crippen LogP contribution in [0.25, 0.3) is 0 Å². The Labute approximate surface area is 125 Å². The van der Waals surface area contributed by atoms with Gasteiger partial charge in [0.2, 0.25) is 0 Å². The molecule has 0 spiro atoms. The topological polar surface area (TPSA) is 43.1 Å². The summed E-state index contributed by atoms with van der Waals surface area (Å²) < 4.78 is 99.7. The smallest absolute Gasteiger partial charge is 0.396 e. The highest BCUT2D eigenvalue weighted by Crippen LogP contribution is 2.50. The van der Waals surface area contributed by atoms with E-state index < -0.39 is 43.1 Å². The Balaban J connectivity index is 3.52. The van der Waals surface area contributed by atoms with Crippen molar-refractivity contribution >= 4 is 39.7 Å². The number of alkyl halides is 7. The minimum absolute atomic E-state index is 0.359. The summed E-state index contributed by atoms with van der Waals surface area (Å²) in [6.45, 7) is 0. The molecule has 0 aromatic heterocycles. The molecular formula is C9H4Cl2F7NOS. The lowest BCUT2D eigenvalue weighted by Gasteiger charge is -2.29. The molecule has 0 saturated carbocycles. The molecule has 0 saturated heterocycles. The fourth-order valence-corrected chi connectivity index (χ4v) is 3.01. The highest BCUT2D eigenvalue weighted by molar-refractivity contribution is 7.86. The Morgan fingerprint density at radius 3 is 1.52 bits per heavy atom. The lowest BCUT2D eigenvalue weighted by Crippen LogP contribution is -2.56. The van der Waals surface area contributed by atoms with E-state index in [0.29, 0.717) is 12.1 Å². The summed E-state index contributed by atoms with van der Waals surface area (Å²) in [6.07, 6.45) is -12.9. The van der Waals surface area contributed by atoms with Crippen LogP contribution in [-0.4, -0.2) is 21.6 Å². The van der Waals surface area contributed by atoms with Gasteiger partial charge in [0.25, 0.3) is 0 Å². The number of nitrogens with two attached hydrogens (primary N) is 1. The fourth-order valence-electron chi connectivity index (χ4n) is 1.20. The van der Waals surface area contributed by atoms with Gasteiger partial charge in [0.15, 0.2) is 0 Å². The summed E-state index contributed by atoms with van der Waals surface area (Å²) in [5.41, 5.74) is 4.87. The third kappa shape index (κ3) is 3.07. The summed E-state index contributed by atoms with van der Waals surface area (Å²) in [7, 11) is -4.20. The SMILES string of the molecule is Nc1c(Cl)cc(S(=O)C(F)(C(F)(F)F)C(F)(F)F)cc1Cl. The minimum Gasteiger partial charge on any atom is -0.396 e. The molecule has 1 atom stereocenters. The number of benzene rings is 1. The maximum absolute atomic E-state index is 13.6. The molecule has 1 rings (SSSR count). The van der Waals surface area contributed by atoms with Crippen LogP contribution in [0.4, 0.5) is 36.4 Å². The largest absolute Gasteiger partial charge is 0.444 e. The molecular weight excluding hydrogens is 374 g/mol. The molecule has 0 heterocycles. The first kappa shape index (κ1) is 18.3. The Kier molecular flexibility index (Phi) is 4.77. The zero-order valence-electron chi connectivity index (χ0n) is 9.45. The number of hydrogen-bond donors (Lipinski definition) is 1. The highest BCUT2D eigenvalue weighted by Gasteiger charge is 2.77. The monoisotopic (exact) mass is 377 g/mol. The van der Waals surface area contributed by atoms with Crippen LogP contribution in [0.3, 0.4) is 0 Å². The van der Waals surface area contributed by atoms with Crippen molar-refractivity contribution in [3.8, 4) is 0 Å². The number of hydrogen-bond acceptors (Lipinski definition) is 2. The van der Waals surface area contributed by atoms with Crippen LogP contribution in [0.15, 0.2) is 17.0 Å². The van der Waals surface area contributed by atoms with Crippen molar-refractivity contribution < 1.29 is 34.9 Å². The average Bonchev–Trinajstić information content (AvgIpc) is 2.30. The molecule has 120 valence electrons. The predicted octanol–water partition coefficient (Wildman–Crippen LogP) is 4.47. The van der Waals surface area contributed by atoms with E-state index in [1.54, 1.807) is 0 Å². The lowest BCUT2D eigenvalue weighted by atomic mass is 10.3. The Morgan fingerprint density at radius 1 is 0.905 bits per heavy atom. The van der Waals surface area contributed by atoms with Gasteiger partial charge >= 0.3 is 17.4 Å². The number of anilines is 1. The second kappa shape index (κ2) is 5.47.